The molecule has 0 atom stereocenters. The lowest BCUT2D eigenvalue weighted by Crippen LogP contribution is -2.04. The Balaban J connectivity index is 1.58. The Morgan fingerprint density at radius 2 is 1.88 bits per heavy atom. The van der Waals surface area contributed by atoms with E-state index in [1.165, 1.54) is 24.3 Å². The van der Waals surface area contributed by atoms with Crippen LogP contribution < -0.4 is 0 Å². The van der Waals surface area contributed by atoms with Gasteiger partial charge in [-0.3, -0.25) is 0 Å². The second kappa shape index (κ2) is 7.03. The van der Waals surface area contributed by atoms with Gasteiger partial charge in [0.15, 0.2) is 0 Å². The van der Waals surface area contributed by atoms with Gasteiger partial charge in [0.2, 0.25) is 0 Å². The molecular weight excluding hydrogens is 345 g/mol. The Morgan fingerprint density at radius 3 is 2.58 bits per heavy atom. The van der Waals surface area contributed by atoms with Gasteiger partial charge in [-0.2, -0.15) is 13.2 Å². The number of hydrogen-bond acceptors (Lipinski definition) is 3. The lowest BCUT2D eigenvalue weighted by Gasteiger charge is -2.05. The summed E-state index contributed by atoms with van der Waals surface area (Å²) in [5.41, 5.74) is 2.17. The predicted molar refractivity (Wildman–Crippen MR) is 90.2 cm³/mol. The number of carbonyl (C=O) groups is 1. The molecule has 26 heavy (non-hydrogen) atoms. The van der Waals surface area contributed by atoms with E-state index in [1.54, 1.807) is 6.20 Å². The second-order valence-corrected chi connectivity index (χ2v) is 5.76. The largest absolute Gasteiger partial charge is 0.456 e. The van der Waals surface area contributed by atoms with Crippen LogP contribution in [0.1, 0.15) is 22.4 Å². The van der Waals surface area contributed by atoms with E-state index in [2.05, 4.69) is 4.98 Å². The molecule has 4 nitrogen and oxygen atoms in total. The number of carbonyl (C=O) groups excluding carboxylic acids is 1. The quantitative estimate of drug-likeness (QED) is 0.511. The Hall–Kier alpha value is -3.09. The molecule has 0 fully saturated rings. The third-order valence-electron chi connectivity index (χ3n) is 3.66. The molecule has 0 N–H and O–H groups in total. The Bertz CT molecular complexity index is 957. The number of pyridine rings is 1. The van der Waals surface area contributed by atoms with Crippen molar-refractivity contribution in [2.45, 2.75) is 19.7 Å². The first-order chi connectivity index (χ1) is 12.3. The monoisotopic (exact) mass is 360 g/mol. The van der Waals surface area contributed by atoms with Crippen LogP contribution in [0.3, 0.4) is 0 Å². The van der Waals surface area contributed by atoms with E-state index >= 15 is 0 Å². The zero-order valence-electron chi connectivity index (χ0n) is 13.8. The molecule has 2 heterocycles. The van der Waals surface area contributed by atoms with Gasteiger partial charge in [-0.25, -0.2) is 9.78 Å². The van der Waals surface area contributed by atoms with Crippen LogP contribution in [0.25, 0.3) is 11.7 Å². The molecule has 0 spiro atoms. The van der Waals surface area contributed by atoms with Crippen LogP contribution in [-0.4, -0.2) is 15.4 Å². The number of aryl methyl sites for hydroxylation is 1. The van der Waals surface area contributed by atoms with Gasteiger partial charge in [0.1, 0.15) is 12.3 Å². The van der Waals surface area contributed by atoms with E-state index in [1.807, 2.05) is 29.7 Å². The SMILES string of the molecule is Cc1ccc2nc(COC(=O)/C=C/c3ccc(C(F)(F)F)cc3)cn2c1. The fourth-order valence-corrected chi connectivity index (χ4v) is 2.37. The molecule has 134 valence electrons. The summed E-state index contributed by atoms with van der Waals surface area (Å²) in [6, 6.07) is 8.30. The van der Waals surface area contributed by atoms with Crippen molar-refractivity contribution < 1.29 is 22.7 Å². The minimum absolute atomic E-state index is 0.0108. The van der Waals surface area contributed by atoms with Gasteiger partial charge in [0.25, 0.3) is 0 Å². The topological polar surface area (TPSA) is 43.6 Å². The summed E-state index contributed by atoms with van der Waals surface area (Å²) in [4.78, 5) is 16.1. The third-order valence-corrected chi connectivity index (χ3v) is 3.66. The normalized spacial score (nSPS) is 12.0. The summed E-state index contributed by atoms with van der Waals surface area (Å²) >= 11 is 0. The number of imidazole rings is 1. The number of hydrogen-bond donors (Lipinski definition) is 0. The summed E-state index contributed by atoms with van der Waals surface area (Å²) in [6.07, 6.45) is 1.87. The van der Waals surface area contributed by atoms with Crippen LogP contribution in [0.4, 0.5) is 13.2 Å². The summed E-state index contributed by atoms with van der Waals surface area (Å²) in [5.74, 6) is -0.599. The van der Waals surface area contributed by atoms with Crippen molar-refractivity contribution in [3.8, 4) is 0 Å². The van der Waals surface area contributed by atoms with Crippen LogP contribution in [0, 0.1) is 6.92 Å². The lowest BCUT2D eigenvalue weighted by atomic mass is 10.1. The Kier molecular flexibility index (Phi) is 4.79. The van der Waals surface area contributed by atoms with Crippen LogP contribution in [0.2, 0.25) is 0 Å². The van der Waals surface area contributed by atoms with E-state index in [-0.39, 0.29) is 6.61 Å². The minimum Gasteiger partial charge on any atom is -0.456 e. The zero-order chi connectivity index (χ0) is 18.7. The Labute approximate surface area is 147 Å². The first-order valence-corrected chi connectivity index (χ1v) is 7.77. The van der Waals surface area contributed by atoms with Crippen molar-refractivity contribution in [1.29, 1.82) is 0 Å². The first-order valence-electron chi connectivity index (χ1n) is 7.77. The smallest absolute Gasteiger partial charge is 0.416 e. The molecule has 7 heteroatoms. The molecule has 0 bridgehead atoms. The third kappa shape index (κ3) is 4.30. The van der Waals surface area contributed by atoms with Crippen molar-refractivity contribution in [1.82, 2.24) is 9.38 Å². The highest BCUT2D eigenvalue weighted by atomic mass is 19.4. The van der Waals surface area contributed by atoms with E-state index in [0.717, 1.165) is 23.3 Å². The molecule has 0 radical (unpaired) electrons. The predicted octanol–water partition coefficient (Wildman–Crippen LogP) is 4.42. The number of benzene rings is 1. The van der Waals surface area contributed by atoms with Gasteiger partial charge in [-0.15, -0.1) is 0 Å². The standard InChI is InChI=1S/C19H15F3N2O2/c1-13-2-8-17-23-16(11-24(17)10-13)12-26-18(25)9-5-14-3-6-15(7-4-14)19(20,21)22/h2-11H,12H2,1H3/b9-5+. The number of rotatable bonds is 4. The number of nitrogens with zero attached hydrogens (tertiary/aromatic N) is 2. The average molecular weight is 360 g/mol. The summed E-state index contributed by atoms with van der Waals surface area (Å²) in [6.45, 7) is 1.97. The number of alkyl halides is 3. The van der Waals surface area contributed by atoms with Gasteiger partial charge in [-0.1, -0.05) is 18.2 Å². The van der Waals surface area contributed by atoms with Crippen molar-refractivity contribution in [3.63, 3.8) is 0 Å². The van der Waals surface area contributed by atoms with Crippen LogP contribution in [0.15, 0.2) is 54.9 Å². The zero-order valence-corrected chi connectivity index (χ0v) is 13.8. The molecule has 1 aromatic carbocycles. The van der Waals surface area contributed by atoms with Crippen LogP contribution in [0.5, 0.6) is 0 Å². The van der Waals surface area contributed by atoms with Gasteiger partial charge >= 0.3 is 12.1 Å². The molecule has 0 unspecified atom stereocenters. The second-order valence-electron chi connectivity index (χ2n) is 5.76. The van der Waals surface area contributed by atoms with Gasteiger partial charge in [0, 0.05) is 18.5 Å². The molecule has 0 amide bonds. The number of esters is 1. The fraction of sp³-hybridized carbons (Fsp3) is 0.158. The fourth-order valence-electron chi connectivity index (χ4n) is 2.37. The molecule has 0 saturated heterocycles. The maximum Gasteiger partial charge on any atom is 0.416 e. The summed E-state index contributed by atoms with van der Waals surface area (Å²) in [5, 5.41) is 0. The molecule has 0 aliphatic carbocycles. The number of halogens is 3. The first kappa shape index (κ1) is 17.7. The van der Waals surface area contributed by atoms with Crippen LogP contribution in [-0.2, 0) is 22.3 Å². The molecule has 3 aromatic rings. The van der Waals surface area contributed by atoms with Crippen molar-refractivity contribution in [2.24, 2.45) is 0 Å². The van der Waals surface area contributed by atoms with Gasteiger partial charge < -0.3 is 9.14 Å². The van der Waals surface area contributed by atoms with Crippen LogP contribution >= 0.6 is 0 Å². The maximum atomic E-state index is 12.5. The molecule has 0 aliphatic heterocycles. The van der Waals surface area contributed by atoms with E-state index in [9.17, 15) is 18.0 Å². The number of ether oxygens (including phenoxy) is 1. The molecule has 2 aromatic heterocycles. The van der Waals surface area contributed by atoms with Gasteiger partial charge in [-0.05, 0) is 42.3 Å². The number of fused-ring (bicyclic) bond motifs is 1. The van der Waals surface area contributed by atoms with Crippen molar-refractivity contribution >= 4 is 17.7 Å². The highest BCUT2D eigenvalue weighted by Crippen LogP contribution is 2.29. The van der Waals surface area contributed by atoms with Gasteiger partial charge in [0.05, 0.1) is 11.3 Å². The summed E-state index contributed by atoms with van der Waals surface area (Å²) in [7, 11) is 0. The van der Waals surface area contributed by atoms with E-state index in [0.29, 0.717) is 11.3 Å². The summed E-state index contributed by atoms with van der Waals surface area (Å²) < 4.78 is 44.4. The lowest BCUT2D eigenvalue weighted by molar-refractivity contribution is -0.139. The maximum absolute atomic E-state index is 12.5. The highest BCUT2D eigenvalue weighted by molar-refractivity contribution is 5.87. The highest BCUT2D eigenvalue weighted by Gasteiger charge is 2.29. The molecule has 0 saturated carbocycles. The van der Waals surface area contributed by atoms with E-state index < -0.39 is 17.7 Å². The minimum atomic E-state index is -4.38. The average Bonchev–Trinajstić information content (AvgIpc) is 2.99. The number of aromatic nitrogens is 2. The van der Waals surface area contributed by atoms with Crippen molar-refractivity contribution in [3.05, 3.63) is 77.3 Å². The molecule has 3 rings (SSSR count). The Morgan fingerprint density at radius 1 is 1.15 bits per heavy atom. The van der Waals surface area contributed by atoms with E-state index in [4.69, 9.17) is 4.74 Å². The molecular formula is C19H15F3N2O2. The van der Waals surface area contributed by atoms with Crippen molar-refractivity contribution in [2.75, 3.05) is 0 Å². The molecule has 0 aliphatic rings.